The molecule has 1 aliphatic carbocycles. The molecular formula is C29H33N10OW-. The molecule has 5 aromatic rings. The third-order valence-electron chi connectivity index (χ3n) is 7.71. The van der Waals surface area contributed by atoms with Gasteiger partial charge in [0.05, 0.1) is 11.3 Å². The van der Waals surface area contributed by atoms with E-state index in [0.717, 1.165) is 85.6 Å². The number of hydrogen-bond donors (Lipinski definition) is 2. The molecule has 5 heterocycles. The maximum absolute atomic E-state index is 8.38. The Labute approximate surface area is 253 Å². The maximum Gasteiger partial charge on any atom is 0.169 e. The number of nitrogen functional groups attached to an aromatic ring is 1. The van der Waals surface area contributed by atoms with Crippen LogP contribution in [0.5, 0.6) is 0 Å². The number of aromatic nitrogens is 6. The molecule has 4 aromatic heterocycles. The van der Waals surface area contributed by atoms with Crippen LogP contribution in [0.1, 0.15) is 23.6 Å². The van der Waals surface area contributed by atoms with Crippen LogP contribution in [0.25, 0.3) is 39.8 Å². The average molecular weight is 721 g/mol. The normalized spacial score (nSPS) is 16.7. The summed E-state index contributed by atoms with van der Waals surface area (Å²) in [4.78, 5) is 19.4. The summed E-state index contributed by atoms with van der Waals surface area (Å²) in [7, 11) is 3.15. The van der Waals surface area contributed by atoms with Gasteiger partial charge in [0.2, 0.25) is 0 Å². The average Bonchev–Trinajstić information content (AvgIpc) is 3.73. The van der Waals surface area contributed by atoms with Crippen molar-refractivity contribution in [3.63, 3.8) is 0 Å². The topological polar surface area (TPSA) is 138 Å². The predicted molar refractivity (Wildman–Crippen MR) is 157 cm³/mol. The van der Waals surface area contributed by atoms with Crippen molar-refractivity contribution in [1.82, 2.24) is 34.2 Å². The predicted octanol–water partition coefficient (Wildman–Crippen LogP) is 3.65. The van der Waals surface area contributed by atoms with Gasteiger partial charge in [-0.05, 0) is 49.4 Å². The summed E-state index contributed by atoms with van der Waals surface area (Å²) in [6.07, 6.45) is 7.11. The zero-order valence-electron chi connectivity index (χ0n) is 23.1. The minimum absolute atomic E-state index is 0. The number of pyridine rings is 2. The fourth-order valence-electron chi connectivity index (χ4n) is 5.60. The molecule has 0 bridgehead atoms. The molecule has 41 heavy (non-hydrogen) atoms. The van der Waals surface area contributed by atoms with E-state index < -0.39 is 0 Å². The van der Waals surface area contributed by atoms with Crippen molar-refractivity contribution in [3.8, 4) is 22.9 Å². The van der Waals surface area contributed by atoms with Crippen molar-refractivity contribution in [1.29, 1.82) is 0 Å². The van der Waals surface area contributed by atoms with Crippen LogP contribution in [-0.4, -0.2) is 79.6 Å². The van der Waals surface area contributed by atoms with Crippen molar-refractivity contribution in [2.75, 3.05) is 51.0 Å². The summed E-state index contributed by atoms with van der Waals surface area (Å²) >= 11 is 0. The monoisotopic (exact) mass is 721 g/mol. The Morgan fingerprint density at radius 2 is 1.80 bits per heavy atom. The van der Waals surface area contributed by atoms with Gasteiger partial charge >= 0.3 is 0 Å². The van der Waals surface area contributed by atoms with E-state index in [-0.39, 0.29) is 27.1 Å². The number of hydrogen-bond acceptors (Lipinski definition) is 8. The van der Waals surface area contributed by atoms with Crippen LogP contribution in [0.3, 0.4) is 0 Å². The quantitative estimate of drug-likeness (QED) is 0.287. The number of fused-ring (bicyclic) bond motifs is 2. The van der Waals surface area contributed by atoms with Crippen LogP contribution in [-0.2, 0) is 27.5 Å². The number of imidazole rings is 1. The second-order valence-corrected chi connectivity index (χ2v) is 10.1. The molecule has 1 unspecified atom stereocenters. The van der Waals surface area contributed by atoms with Gasteiger partial charge in [0, 0.05) is 84.7 Å². The SMILES string of the molecule is CN1CCN(c2cc(-n3cccn3)nc3c2nc(-c2cccnc2N)n3-c2ccc3c(c2)CCC3[NH-])CC1.CO.[W]. The van der Waals surface area contributed by atoms with Crippen molar-refractivity contribution in [2.45, 2.75) is 18.9 Å². The molecule has 0 saturated carbocycles. The smallest absolute Gasteiger partial charge is 0.169 e. The van der Waals surface area contributed by atoms with Gasteiger partial charge in [-0.2, -0.15) is 5.10 Å². The Morgan fingerprint density at radius 1 is 1.00 bits per heavy atom. The minimum atomic E-state index is -0.166. The Hall–Kier alpha value is -3.63. The molecule has 11 nitrogen and oxygen atoms in total. The van der Waals surface area contributed by atoms with Crippen LogP contribution >= 0.6 is 0 Å². The van der Waals surface area contributed by atoms with Gasteiger partial charge in [0.25, 0.3) is 0 Å². The number of nitrogens with zero attached hydrogens (tertiary/aromatic N) is 8. The number of aliphatic hydroxyl groups excluding tert-OH is 1. The first kappa shape index (κ1) is 28.9. The van der Waals surface area contributed by atoms with Gasteiger partial charge in [-0.25, -0.2) is 19.6 Å². The summed E-state index contributed by atoms with van der Waals surface area (Å²) in [5.41, 5.74) is 21.4. The molecule has 1 saturated heterocycles. The van der Waals surface area contributed by atoms with Crippen LogP contribution in [0.2, 0.25) is 0 Å². The first-order valence-corrected chi connectivity index (χ1v) is 13.4. The molecule has 1 atom stereocenters. The van der Waals surface area contributed by atoms with Gasteiger partial charge < -0.3 is 26.4 Å². The Kier molecular flexibility index (Phi) is 8.51. The molecule has 12 heteroatoms. The van der Waals surface area contributed by atoms with Gasteiger partial charge in [0.1, 0.15) is 11.3 Å². The molecule has 212 valence electrons. The molecule has 1 aromatic carbocycles. The first-order chi connectivity index (χ1) is 19.6. The summed E-state index contributed by atoms with van der Waals surface area (Å²) in [6.45, 7) is 3.75. The molecular weight excluding hydrogens is 688 g/mol. The van der Waals surface area contributed by atoms with Gasteiger partial charge in [-0.3, -0.25) is 4.57 Å². The molecule has 7 rings (SSSR count). The fraction of sp³-hybridized carbons (Fsp3) is 0.310. The van der Waals surface area contributed by atoms with Gasteiger partial charge in [0.15, 0.2) is 17.3 Å². The van der Waals surface area contributed by atoms with E-state index in [0.29, 0.717) is 11.6 Å². The molecule has 0 amide bonds. The second kappa shape index (κ2) is 12.1. The van der Waals surface area contributed by atoms with E-state index >= 15 is 0 Å². The molecule has 1 fully saturated rings. The van der Waals surface area contributed by atoms with Crippen molar-refractivity contribution >= 4 is 22.7 Å². The van der Waals surface area contributed by atoms with Crippen molar-refractivity contribution < 1.29 is 26.2 Å². The zero-order valence-corrected chi connectivity index (χ0v) is 26.0. The number of benzene rings is 1. The molecule has 1 aliphatic heterocycles. The maximum atomic E-state index is 8.38. The third-order valence-corrected chi connectivity index (χ3v) is 7.71. The van der Waals surface area contributed by atoms with Gasteiger partial charge in [-0.1, -0.05) is 18.1 Å². The van der Waals surface area contributed by atoms with E-state index in [1.807, 2.05) is 24.4 Å². The molecule has 0 radical (unpaired) electrons. The number of rotatable bonds is 4. The van der Waals surface area contributed by atoms with Crippen LogP contribution < -0.4 is 10.6 Å². The van der Waals surface area contributed by atoms with Crippen LogP contribution in [0, 0.1) is 0 Å². The summed E-state index contributed by atoms with van der Waals surface area (Å²) in [5.74, 6) is 1.85. The molecule has 0 spiro atoms. The van der Waals surface area contributed by atoms with Crippen molar-refractivity contribution in [2.24, 2.45) is 0 Å². The van der Waals surface area contributed by atoms with Crippen LogP contribution in [0.15, 0.2) is 61.1 Å². The van der Waals surface area contributed by atoms with E-state index in [4.69, 9.17) is 26.5 Å². The van der Waals surface area contributed by atoms with Crippen LogP contribution in [0.4, 0.5) is 11.5 Å². The summed E-state index contributed by atoms with van der Waals surface area (Å²) < 4.78 is 3.88. The molecule has 2 aliphatic rings. The number of nitrogens with two attached hydrogens (primary N) is 1. The zero-order chi connectivity index (χ0) is 27.8. The van der Waals surface area contributed by atoms with Crippen molar-refractivity contribution in [3.05, 3.63) is 77.9 Å². The minimum Gasteiger partial charge on any atom is -0.671 e. The van der Waals surface area contributed by atoms with E-state index in [2.05, 4.69) is 55.8 Å². The Morgan fingerprint density at radius 3 is 2.54 bits per heavy atom. The fourth-order valence-corrected chi connectivity index (χ4v) is 5.60. The van der Waals surface area contributed by atoms with E-state index in [1.165, 1.54) is 5.56 Å². The number of aryl methyl sites for hydroxylation is 1. The third kappa shape index (κ3) is 5.26. The first-order valence-electron chi connectivity index (χ1n) is 13.4. The standard InChI is InChI=1S/C28H29N10.CH4O.W/c1-35-12-14-36(15-13-35)23-17-24(37-11-3-10-32-37)33-28-25(23)34-27(21-4-2-9-31-26(21)30)38(28)19-6-7-20-18(16-19)5-8-22(20)29;1-2;/h2-4,6-7,9-11,16-17,22,29H,5,8,12-15H2,1H3,(H2,30,31);2H,1H3;/q-1;;. The second-order valence-electron chi connectivity index (χ2n) is 10.1. The Balaban J connectivity index is 0.00000110. The number of aliphatic hydroxyl groups is 1. The number of anilines is 2. The largest absolute Gasteiger partial charge is 0.671 e. The number of piperazine rings is 1. The van der Waals surface area contributed by atoms with E-state index in [1.54, 1.807) is 17.1 Å². The summed E-state index contributed by atoms with van der Waals surface area (Å²) in [5, 5.41) is 11.5. The summed E-state index contributed by atoms with van der Waals surface area (Å²) in [6, 6.07) is 14.0. The van der Waals surface area contributed by atoms with Gasteiger partial charge in [-0.15, -0.1) is 6.04 Å². The van der Waals surface area contributed by atoms with E-state index in [9.17, 15) is 0 Å². The molecule has 4 N–H and O–H groups in total. The number of nitrogens with one attached hydrogen (secondary N) is 1. The number of likely N-dealkylation sites (N-methyl/N-ethyl adjacent to an activating group) is 1. The Bertz CT molecular complexity index is 1640.